The molecule has 126 valence electrons. The number of nitrogen functional groups attached to an aromatic ring is 1. The van der Waals surface area contributed by atoms with Gasteiger partial charge in [-0.05, 0) is 6.92 Å². The fraction of sp³-hybridized carbons (Fsp3) is 0.429. The molecule has 0 bridgehead atoms. The van der Waals surface area contributed by atoms with E-state index >= 15 is 0 Å². The van der Waals surface area contributed by atoms with Crippen LogP contribution in [0.2, 0.25) is 0 Å². The highest BCUT2D eigenvalue weighted by Crippen LogP contribution is 2.34. The van der Waals surface area contributed by atoms with Gasteiger partial charge in [-0.15, -0.1) is 0 Å². The highest BCUT2D eigenvalue weighted by atomic mass is 19.3. The van der Waals surface area contributed by atoms with Crippen molar-refractivity contribution in [2.45, 2.75) is 32.2 Å². The number of cyclic esters (lactones) is 1. The fourth-order valence-corrected chi connectivity index (χ4v) is 2.11. The van der Waals surface area contributed by atoms with Crippen LogP contribution in [0.5, 0.6) is 11.5 Å². The van der Waals surface area contributed by atoms with Gasteiger partial charge in [0.2, 0.25) is 6.10 Å². The van der Waals surface area contributed by atoms with E-state index < -0.39 is 24.7 Å². The zero-order chi connectivity index (χ0) is 17.1. The second-order valence-electron chi connectivity index (χ2n) is 4.85. The number of hydrogen-bond acceptors (Lipinski definition) is 7. The zero-order valence-electron chi connectivity index (χ0n) is 12.4. The van der Waals surface area contributed by atoms with Crippen molar-refractivity contribution in [3.63, 3.8) is 0 Å². The van der Waals surface area contributed by atoms with Gasteiger partial charge in [0.15, 0.2) is 11.5 Å². The first-order chi connectivity index (χ1) is 10.8. The summed E-state index contributed by atoms with van der Waals surface area (Å²) in [6.45, 7) is -1.41. The van der Waals surface area contributed by atoms with Crippen molar-refractivity contribution >= 4 is 17.6 Å². The summed E-state index contributed by atoms with van der Waals surface area (Å²) in [5, 5.41) is 0. The SMILES string of the molecule is COc1cc(C(=O)O[C@@H]2C[C@@H](C)OC2=O)c(N)cc1OC(F)F. The van der Waals surface area contributed by atoms with E-state index in [1.165, 1.54) is 7.11 Å². The lowest BCUT2D eigenvalue weighted by molar-refractivity contribution is -0.147. The molecule has 7 nitrogen and oxygen atoms in total. The number of anilines is 1. The summed E-state index contributed by atoms with van der Waals surface area (Å²) >= 11 is 0. The van der Waals surface area contributed by atoms with Gasteiger partial charge in [-0.25, -0.2) is 9.59 Å². The van der Waals surface area contributed by atoms with Gasteiger partial charge in [-0.3, -0.25) is 0 Å². The van der Waals surface area contributed by atoms with Gasteiger partial charge in [0.1, 0.15) is 6.10 Å². The number of esters is 2. The van der Waals surface area contributed by atoms with E-state index in [1.807, 2.05) is 0 Å². The molecule has 0 amide bonds. The summed E-state index contributed by atoms with van der Waals surface area (Å²) in [7, 11) is 1.22. The Morgan fingerprint density at radius 3 is 2.61 bits per heavy atom. The molecule has 2 rings (SSSR count). The van der Waals surface area contributed by atoms with Gasteiger partial charge in [0.05, 0.1) is 18.4 Å². The standard InChI is InChI=1S/C14H15F2NO6/c1-6-3-11(13(19)21-6)22-12(18)7-4-9(20-2)10(5-8(7)17)23-14(15)16/h4-6,11,14H,3,17H2,1-2H3/t6-,11-/m1/s1. The highest BCUT2D eigenvalue weighted by molar-refractivity contribution is 5.97. The number of alkyl halides is 2. The molecule has 0 aliphatic carbocycles. The van der Waals surface area contributed by atoms with Gasteiger partial charge in [-0.1, -0.05) is 0 Å². The first-order valence-corrected chi connectivity index (χ1v) is 6.65. The van der Waals surface area contributed by atoms with Gasteiger partial charge < -0.3 is 24.7 Å². The maximum absolute atomic E-state index is 12.3. The molecule has 2 atom stereocenters. The Morgan fingerprint density at radius 2 is 2.09 bits per heavy atom. The number of methoxy groups -OCH3 is 1. The number of hydrogen-bond donors (Lipinski definition) is 1. The van der Waals surface area contributed by atoms with Gasteiger partial charge >= 0.3 is 18.6 Å². The molecule has 9 heteroatoms. The van der Waals surface area contributed by atoms with Gasteiger partial charge in [-0.2, -0.15) is 8.78 Å². The highest BCUT2D eigenvalue weighted by Gasteiger charge is 2.35. The summed E-state index contributed by atoms with van der Waals surface area (Å²) in [6.07, 6.45) is -1.15. The smallest absolute Gasteiger partial charge is 0.387 e. The molecule has 2 N–H and O–H groups in total. The minimum atomic E-state index is -3.07. The van der Waals surface area contributed by atoms with Gasteiger partial charge in [0.25, 0.3) is 0 Å². The van der Waals surface area contributed by atoms with E-state index in [0.29, 0.717) is 0 Å². The van der Waals surface area contributed by atoms with E-state index in [4.69, 9.17) is 19.9 Å². The Hall–Kier alpha value is -2.58. The van der Waals surface area contributed by atoms with Crippen LogP contribution in [0.25, 0.3) is 0 Å². The number of carbonyl (C=O) groups excluding carboxylic acids is 2. The number of rotatable bonds is 5. The van der Waals surface area contributed by atoms with Crippen molar-refractivity contribution in [3.05, 3.63) is 17.7 Å². The summed E-state index contributed by atoms with van der Waals surface area (Å²) in [5.74, 6) is -1.96. The summed E-state index contributed by atoms with van der Waals surface area (Å²) in [5.41, 5.74) is 5.38. The Kier molecular flexibility index (Phi) is 4.87. The molecule has 1 aromatic carbocycles. The number of ether oxygens (including phenoxy) is 4. The molecule has 0 spiro atoms. The molecule has 23 heavy (non-hydrogen) atoms. The van der Waals surface area contributed by atoms with Crippen molar-refractivity contribution in [2.24, 2.45) is 0 Å². The molecule has 1 fully saturated rings. The normalized spacial score (nSPS) is 20.3. The first kappa shape index (κ1) is 16.8. The average molecular weight is 331 g/mol. The van der Waals surface area contributed by atoms with Gasteiger partial charge in [0, 0.05) is 18.6 Å². The van der Waals surface area contributed by atoms with Crippen LogP contribution in [0.15, 0.2) is 12.1 Å². The van der Waals surface area contributed by atoms with Crippen LogP contribution in [0, 0.1) is 0 Å². The van der Waals surface area contributed by atoms with Crippen molar-refractivity contribution in [3.8, 4) is 11.5 Å². The lowest BCUT2D eigenvalue weighted by Crippen LogP contribution is -2.23. The topological polar surface area (TPSA) is 97.1 Å². The fourth-order valence-electron chi connectivity index (χ4n) is 2.11. The number of benzene rings is 1. The summed E-state index contributed by atoms with van der Waals surface area (Å²) in [6, 6.07) is 2.14. The van der Waals surface area contributed by atoms with E-state index in [0.717, 1.165) is 12.1 Å². The largest absolute Gasteiger partial charge is 0.493 e. The number of carbonyl (C=O) groups is 2. The molecule has 1 aliphatic rings. The first-order valence-electron chi connectivity index (χ1n) is 6.65. The van der Waals surface area contributed by atoms with Crippen molar-refractivity contribution in [1.82, 2.24) is 0 Å². The van der Waals surface area contributed by atoms with Crippen LogP contribution < -0.4 is 15.2 Å². The molecule has 1 aromatic rings. The third-order valence-electron chi connectivity index (χ3n) is 3.15. The minimum Gasteiger partial charge on any atom is -0.493 e. The molecule has 1 aliphatic heterocycles. The number of nitrogens with two attached hydrogens (primary N) is 1. The Morgan fingerprint density at radius 1 is 1.39 bits per heavy atom. The Bertz CT molecular complexity index is 622. The average Bonchev–Trinajstić information content (AvgIpc) is 2.76. The molecule has 0 aromatic heterocycles. The summed E-state index contributed by atoms with van der Waals surface area (Å²) in [4.78, 5) is 23.6. The quantitative estimate of drug-likeness (QED) is 0.648. The molecule has 1 saturated heterocycles. The van der Waals surface area contributed by atoms with E-state index in [2.05, 4.69) is 4.74 Å². The van der Waals surface area contributed by atoms with Crippen molar-refractivity contribution in [2.75, 3.05) is 12.8 Å². The zero-order valence-corrected chi connectivity index (χ0v) is 12.4. The van der Waals surface area contributed by atoms with Crippen LogP contribution in [-0.4, -0.2) is 37.9 Å². The summed E-state index contributed by atoms with van der Waals surface area (Å²) < 4.78 is 43.7. The molecule has 0 radical (unpaired) electrons. The Balaban J connectivity index is 2.21. The maximum atomic E-state index is 12.3. The molecular formula is C14H15F2NO6. The Labute approximate surface area is 130 Å². The van der Waals surface area contributed by atoms with Crippen molar-refractivity contribution in [1.29, 1.82) is 0 Å². The second-order valence-corrected chi connectivity index (χ2v) is 4.85. The van der Waals surface area contributed by atoms with E-state index in [-0.39, 0.29) is 35.3 Å². The van der Waals surface area contributed by atoms with Crippen LogP contribution in [0.3, 0.4) is 0 Å². The maximum Gasteiger partial charge on any atom is 0.387 e. The predicted octanol–water partition coefficient (Wildman–Crippen LogP) is 1.74. The third kappa shape index (κ3) is 3.79. The number of halogens is 2. The van der Waals surface area contributed by atoms with Crippen LogP contribution in [0.1, 0.15) is 23.7 Å². The minimum absolute atomic E-state index is 0.117. The van der Waals surface area contributed by atoms with Crippen LogP contribution in [-0.2, 0) is 14.3 Å². The monoisotopic (exact) mass is 331 g/mol. The third-order valence-corrected chi connectivity index (χ3v) is 3.15. The molecule has 1 heterocycles. The van der Waals surface area contributed by atoms with E-state index in [1.54, 1.807) is 6.92 Å². The molecular weight excluding hydrogens is 316 g/mol. The lowest BCUT2D eigenvalue weighted by Gasteiger charge is -2.14. The van der Waals surface area contributed by atoms with Crippen LogP contribution >= 0.6 is 0 Å². The molecule has 0 saturated carbocycles. The second kappa shape index (κ2) is 6.67. The van der Waals surface area contributed by atoms with E-state index in [9.17, 15) is 18.4 Å². The van der Waals surface area contributed by atoms with Crippen molar-refractivity contribution < 1.29 is 37.3 Å². The van der Waals surface area contributed by atoms with Crippen LogP contribution in [0.4, 0.5) is 14.5 Å². The molecule has 0 unspecified atom stereocenters. The lowest BCUT2D eigenvalue weighted by atomic mass is 10.1. The predicted molar refractivity (Wildman–Crippen MR) is 73.4 cm³/mol.